The fourth-order valence-corrected chi connectivity index (χ4v) is 1.79. The normalized spacial score (nSPS) is 11.7. The second kappa shape index (κ2) is 5.98. The Morgan fingerprint density at radius 2 is 2.00 bits per heavy atom. The standard InChI is InChI=1S/C12H15Br/c1-2-6-11(9-10-13)12-7-4-3-5-8-12/h3-8H,2,9-10H2,1H3/b11-6-. The molecule has 0 saturated heterocycles. The van der Waals surface area contributed by atoms with Crippen LogP contribution in [-0.4, -0.2) is 5.33 Å². The van der Waals surface area contributed by atoms with Crippen molar-refractivity contribution >= 4 is 21.5 Å². The van der Waals surface area contributed by atoms with Gasteiger partial charge in [-0.1, -0.05) is 59.3 Å². The first-order valence-corrected chi connectivity index (χ1v) is 5.81. The van der Waals surface area contributed by atoms with Gasteiger partial charge in [0.1, 0.15) is 0 Å². The number of allylic oxidation sites excluding steroid dienone is 2. The topological polar surface area (TPSA) is 0 Å². The molecule has 0 aliphatic rings. The molecule has 0 nitrogen and oxygen atoms in total. The van der Waals surface area contributed by atoms with Crippen LogP contribution in [0.4, 0.5) is 0 Å². The largest absolute Gasteiger partial charge is 0.0924 e. The zero-order chi connectivity index (χ0) is 9.52. The van der Waals surface area contributed by atoms with Crippen LogP contribution in [0.1, 0.15) is 25.3 Å². The fraction of sp³-hybridized carbons (Fsp3) is 0.333. The lowest BCUT2D eigenvalue weighted by atomic mass is 10.0. The number of rotatable bonds is 4. The van der Waals surface area contributed by atoms with E-state index >= 15 is 0 Å². The quantitative estimate of drug-likeness (QED) is 0.688. The number of halogens is 1. The van der Waals surface area contributed by atoms with Crippen LogP contribution in [0.2, 0.25) is 0 Å². The van der Waals surface area contributed by atoms with Gasteiger partial charge in [-0.05, 0) is 24.0 Å². The Morgan fingerprint density at radius 1 is 1.31 bits per heavy atom. The zero-order valence-corrected chi connectivity index (χ0v) is 9.55. The number of hydrogen-bond acceptors (Lipinski definition) is 0. The lowest BCUT2D eigenvalue weighted by Crippen LogP contribution is -1.85. The van der Waals surface area contributed by atoms with E-state index in [9.17, 15) is 0 Å². The van der Waals surface area contributed by atoms with Gasteiger partial charge < -0.3 is 0 Å². The summed E-state index contributed by atoms with van der Waals surface area (Å²) in [6.07, 6.45) is 4.52. The first kappa shape index (κ1) is 10.5. The highest BCUT2D eigenvalue weighted by Crippen LogP contribution is 2.19. The molecule has 1 aromatic rings. The first-order chi connectivity index (χ1) is 6.38. The second-order valence-corrected chi connectivity index (χ2v) is 3.74. The molecular formula is C12H15Br. The molecular weight excluding hydrogens is 224 g/mol. The van der Waals surface area contributed by atoms with Crippen LogP contribution in [0.15, 0.2) is 36.4 Å². The maximum Gasteiger partial charge on any atom is 0.00719 e. The van der Waals surface area contributed by atoms with Crippen molar-refractivity contribution < 1.29 is 0 Å². The second-order valence-electron chi connectivity index (χ2n) is 2.94. The molecule has 0 bridgehead atoms. The molecule has 70 valence electrons. The summed E-state index contributed by atoms with van der Waals surface area (Å²) in [5.41, 5.74) is 2.80. The zero-order valence-electron chi connectivity index (χ0n) is 7.96. The molecule has 1 aromatic carbocycles. The van der Waals surface area contributed by atoms with Crippen molar-refractivity contribution in [3.05, 3.63) is 42.0 Å². The van der Waals surface area contributed by atoms with E-state index in [1.807, 2.05) is 0 Å². The average Bonchev–Trinajstić information content (AvgIpc) is 2.19. The Kier molecular flexibility index (Phi) is 4.84. The van der Waals surface area contributed by atoms with Crippen LogP contribution >= 0.6 is 15.9 Å². The maximum atomic E-state index is 3.48. The molecule has 0 saturated carbocycles. The predicted molar refractivity (Wildman–Crippen MR) is 63.1 cm³/mol. The van der Waals surface area contributed by atoms with Crippen molar-refractivity contribution in [3.8, 4) is 0 Å². The van der Waals surface area contributed by atoms with Gasteiger partial charge in [-0.3, -0.25) is 0 Å². The number of alkyl halides is 1. The summed E-state index contributed by atoms with van der Waals surface area (Å²) in [6.45, 7) is 2.18. The highest BCUT2D eigenvalue weighted by Gasteiger charge is 1.98. The number of benzene rings is 1. The van der Waals surface area contributed by atoms with Crippen LogP contribution in [0.5, 0.6) is 0 Å². The van der Waals surface area contributed by atoms with Gasteiger partial charge in [0.05, 0.1) is 0 Å². The van der Waals surface area contributed by atoms with E-state index in [4.69, 9.17) is 0 Å². The Hall–Kier alpha value is -0.560. The van der Waals surface area contributed by atoms with Crippen LogP contribution < -0.4 is 0 Å². The first-order valence-electron chi connectivity index (χ1n) is 4.69. The van der Waals surface area contributed by atoms with E-state index in [-0.39, 0.29) is 0 Å². The van der Waals surface area contributed by atoms with Gasteiger partial charge in [-0.2, -0.15) is 0 Å². The number of hydrogen-bond donors (Lipinski definition) is 0. The summed E-state index contributed by atoms with van der Waals surface area (Å²) in [6, 6.07) is 10.6. The van der Waals surface area contributed by atoms with Crippen molar-refractivity contribution in [2.24, 2.45) is 0 Å². The van der Waals surface area contributed by atoms with Crippen molar-refractivity contribution in [1.29, 1.82) is 0 Å². The minimum atomic E-state index is 1.04. The van der Waals surface area contributed by atoms with Crippen molar-refractivity contribution in [2.75, 3.05) is 5.33 Å². The van der Waals surface area contributed by atoms with Gasteiger partial charge in [0.25, 0.3) is 0 Å². The third-order valence-electron chi connectivity index (χ3n) is 1.96. The molecule has 0 N–H and O–H groups in total. The molecule has 0 atom stereocenters. The Labute approximate surface area is 88.8 Å². The van der Waals surface area contributed by atoms with E-state index < -0.39 is 0 Å². The van der Waals surface area contributed by atoms with Crippen LogP contribution in [0.3, 0.4) is 0 Å². The highest BCUT2D eigenvalue weighted by molar-refractivity contribution is 9.09. The Balaban J connectivity index is 2.83. The molecule has 0 unspecified atom stereocenters. The van der Waals surface area contributed by atoms with Crippen LogP contribution in [-0.2, 0) is 0 Å². The third-order valence-corrected chi connectivity index (χ3v) is 2.36. The molecule has 1 heteroatoms. The summed E-state index contributed by atoms with van der Waals surface area (Å²) in [7, 11) is 0. The van der Waals surface area contributed by atoms with Crippen LogP contribution in [0, 0.1) is 0 Å². The molecule has 0 amide bonds. The average molecular weight is 239 g/mol. The molecule has 1 rings (SSSR count). The fourth-order valence-electron chi connectivity index (χ4n) is 1.36. The summed E-state index contributed by atoms with van der Waals surface area (Å²) in [4.78, 5) is 0. The minimum absolute atomic E-state index is 1.04. The lowest BCUT2D eigenvalue weighted by Gasteiger charge is -2.04. The summed E-state index contributed by atoms with van der Waals surface area (Å²) in [5, 5.41) is 1.04. The molecule has 0 heterocycles. The summed E-state index contributed by atoms with van der Waals surface area (Å²) < 4.78 is 0. The molecule has 0 spiro atoms. The van der Waals surface area contributed by atoms with Crippen LogP contribution in [0.25, 0.3) is 5.57 Å². The third kappa shape index (κ3) is 3.35. The molecule has 0 aromatic heterocycles. The lowest BCUT2D eigenvalue weighted by molar-refractivity contribution is 1.18. The monoisotopic (exact) mass is 238 g/mol. The molecule has 0 aliphatic heterocycles. The minimum Gasteiger partial charge on any atom is -0.0924 e. The summed E-state index contributed by atoms with van der Waals surface area (Å²) >= 11 is 3.48. The molecule has 0 aliphatic carbocycles. The smallest absolute Gasteiger partial charge is 0.00719 e. The predicted octanol–water partition coefficient (Wildman–Crippen LogP) is 4.27. The van der Waals surface area contributed by atoms with E-state index in [1.54, 1.807) is 0 Å². The SMILES string of the molecule is CC/C=C(/CCBr)c1ccccc1. The Morgan fingerprint density at radius 3 is 2.54 bits per heavy atom. The molecule has 13 heavy (non-hydrogen) atoms. The van der Waals surface area contributed by atoms with Gasteiger partial charge >= 0.3 is 0 Å². The van der Waals surface area contributed by atoms with Crippen molar-refractivity contribution in [1.82, 2.24) is 0 Å². The van der Waals surface area contributed by atoms with E-state index in [0.717, 1.165) is 18.2 Å². The highest BCUT2D eigenvalue weighted by atomic mass is 79.9. The van der Waals surface area contributed by atoms with Gasteiger partial charge in [-0.25, -0.2) is 0 Å². The van der Waals surface area contributed by atoms with Crippen molar-refractivity contribution in [3.63, 3.8) is 0 Å². The van der Waals surface area contributed by atoms with Gasteiger partial charge in [0.15, 0.2) is 0 Å². The van der Waals surface area contributed by atoms with E-state index in [2.05, 4.69) is 59.3 Å². The molecule has 0 radical (unpaired) electrons. The van der Waals surface area contributed by atoms with E-state index in [1.165, 1.54) is 11.1 Å². The van der Waals surface area contributed by atoms with Crippen molar-refractivity contribution in [2.45, 2.75) is 19.8 Å². The van der Waals surface area contributed by atoms with Gasteiger partial charge in [-0.15, -0.1) is 0 Å². The van der Waals surface area contributed by atoms with Gasteiger partial charge in [0.2, 0.25) is 0 Å². The molecule has 0 fully saturated rings. The Bertz CT molecular complexity index is 262. The summed E-state index contributed by atoms with van der Waals surface area (Å²) in [5.74, 6) is 0. The van der Waals surface area contributed by atoms with E-state index in [0.29, 0.717) is 0 Å². The van der Waals surface area contributed by atoms with Gasteiger partial charge in [0, 0.05) is 5.33 Å². The maximum absolute atomic E-state index is 3.48.